The lowest BCUT2D eigenvalue weighted by Gasteiger charge is -2.39. The van der Waals surface area contributed by atoms with Gasteiger partial charge in [0.2, 0.25) is 0 Å². The molecule has 1 fully saturated rings. The Morgan fingerprint density at radius 3 is 3.00 bits per heavy atom. The van der Waals surface area contributed by atoms with E-state index in [9.17, 15) is 0 Å². The van der Waals surface area contributed by atoms with E-state index in [2.05, 4.69) is 46.5 Å². The number of piperazine rings is 1. The van der Waals surface area contributed by atoms with Crippen LogP contribution >= 0.6 is 11.3 Å². The molecule has 2 atom stereocenters. The molecule has 0 bridgehead atoms. The Balaban J connectivity index is 1.91. The highest BCUT2D eigenvalue weighted by molar-refractivity contribution is 7.09. The molecule has 0 spiro atoms. The number of aromatic nitrogens is 1. The van der Waals surface area contributed by atoms with Crippen LogP contribution in [-0.2, 0) is 6.42 Å². The molecule has 1 aromatic rings. The van der Waals surface area contributed by atoms with Gasteiger partial charge >= 0.3 is 0 Å². The van der Waals surface area contributed by atoms with Gasteiger partial charge in [-0.05, 0) is 27.1 Å². The molecule has 0 amide bonds. The Kier molecular flexibility index (Phi) is 5.76. The van der Waals surface area contributed by atoms with Crippen molar-refractivity contribution in [1.82, 2.24) is 20.1 Å². The van der Waals surface area contributed by atoms with Gasteiger partial charge in [-0.3, -0.25) is 0 Å². The van der Waals surface area contributed by atoms with Crippen LogP contribution in [0, 0.1) is 0 Å². The van der Waals surface area contributed by atoms with Gasteiger partial charge in [0.25, 0.3) is 0 Å². The van der Waals surface area contributed by atoms with E-state index in [4.69, 9.17) is 0 Å². The molecule has 0 radical (unpaired) electrons. The lowest BCUT2D eigenvalue weighted by molar-refractivity contribution is 0.101. The van der Waals surface area contributed by atoms with Crippen molar-refractivity contribution in [2.24, 2.45) is 0 Å². The van der Waals surface area contributed by atoms with Gasteiger partial charge in [-0.25, -0.2) is 4.98 Å². The minimum absolute atomic E-state index is 0.537. The third-order valence-electron chi connectivity index (χ3n) is 3.93. The standard InChI is InChI=1S/C14H26N4S/c1-4-15-12(10-14-16-5-8-19-14)9-13-11-17(2)6-7-18(13)3/h5,8,12-13,15H,4,6-7,9-11H2,1-3H3. The van der Waals surface area contributed by atoms with Gasteiger partial charge < -0.3 is 15.1 Å². The van der Waals surface area contributed by atoms with Gasteiger partial charge in [0.1, 0.15) is 0 Å². The van der Waals surface area contributed by atoms with E-state index in [1.165, 1.54) is 31.1 Å². The van der Waals surface area contributed by atoms with Gasteiger partial charge in [0, 0.05) is 49.7 Å². The zero-order valence-corrected chi connectivity index (χ0v) is 13.1. The Morgan fingerprint density at radius 1 is 1.47 bits per heavy atom. The minimum Gasteiger partial charge on any atom is -0.314 e. The first-order chi connectivity index (χ1) is 9.19. The predicted molar refractivity (Wildman–Crippen MR) is 81.8 cm³/mol. The third-order valence-corrected chi connectivity index (χ3v) is 4.74. The van der Waals surface area contributed by atoms with Crippen LogP contribution in [0.2, 0.25) is 0 Å². The number of likely N-dealkylation sites (N-methyl/N-ethyl adjacent to an activating group) is 3. The summed E-state index contributed by atoms with van der Waals surface area (Å²) in [6.45, 7) is 6.76. The largest absolute Gasteiger partial charge is 0.314 e. The van der Waals surface area contributed by atoms with Gasteiger partial charge in [0.15, 0.2) is 0 Å². The number of thiazole rings is 1. The Labute approximate surface area is 120 Å². The van der Waals surface area contributed by atoms with Crippen LogP contribution in [0.15, 0.2) is 11.6 Å². The summed E-state index contributed by atoms with van der Waals surface area (Å²) in [5.41, 5.74) is 0. The number of hydrogen-bond donors (Lipinski definition) is 1. The molecule has 0 aliphatic carbocycles. The second kappa shape index (κ2) is 7.33. The molecule has 1 N–H and O–H groups in total. The van der Waals surface area contributed by atoms with Crippen LogP contribution in [0.5, 0.6) is 0 Å². The van der Waals surface area contributed by atoms with E-state index >= 15 is 0 Å². The maximum Gasteiger partial charge on any atom is 0.0940 e. The van der Waals surface area contributed by atoms with Gasteiger partial charge in [-0.2, -0.15) is 0 Å². The Morgan fingerprint density at radius 2 is 2.32 bits per heavy atom. The SMILES string of the molecule is CCNC(Cc1nccs1)CC1CN(C)CCN1C. The zero-order chi connectivity index (χ0) is 13.7. The summed E-state index contributed by atoms with van der Waals surface area (Å²) in [6.07, 6.45) is 4.16. The average molecular weight is 282 g/mol. The first-order valence-electron chi connectivity index (χ1n) is 7.19. The van der Waals surface area contributed by atoms with Crippen LogP contribution in [0.25, 0.3) is 0 Å². The maximum absolute atomic E-state index is 4.42. The smallest absolute Gasteiger partial charge is 0.0940 e. The fourth-order valence-corrected chi connectivity index (χ4v) is 3.47. The predicted octanol–water partition coefficient (Wildman–Crippen LogP) is 1.30. The molecule has 1 saturated heterocycles. The molecule has 0 aromatic carbocycles. The van der Waals surface area contributed by atoms with Crippen molar-refractivity contribution in [1.29, 1.82) is 0 Å². The lowest BCUT2D eigenvalue weighted by atomic mass is 10.0. The fourth-order valence-electron chi connectivity index (χ4n) is 2.78. The summed E-state index contributed by atoms with van der Waals surface area (Å²) in [6, 6.07) is 1.19. The summed E-state index contributed by atoms with van der Waals surface area (Å²) in [5, 5.41) is 6.94. The summed E-state index contributed by atoms with van der Waals surface area (Å²) in [7, 11) is 4.48. The van der Waals surface area contributed by atoms with Crippen molar-refractivity contribution < 1.29 is 0 Å². The van der Waals surface area contributed by atoms with Crippen molar-refractivity contribution in [2.45, 2.75) is 31.8 Å². The summed E-state index contributed by atoms with van der Waals surface area (Å²) in [4.78, 5) is 9.37. The molecule has 2 heterocycles. The molecular weight excluding hydrogens is 256 g/mol. The van der Waals surface area contributed by atoms with E-state index in [1.54, 1.807) is 11.3 Å². The molecule has 108 valence electrons. The van der Waals surface area contributed by atoms with Crippen LogP contribution in [-0.4, -0.2) is 67.1 Å². The van der Waals surface area contributed by atoms with Crippen molar-refractivity contribution in [3.05, 3.63) is 16.6 Å². The number of rotatable bonds is 6. The van der Waals surface area contributed by atoms with E-state index in [1.807, 2.05) is 6.20 Å². The average Bonchev–Trinajstić information content (AvgIpc) is 2.87. The van der Waals surface area contributed by atoms with Gasteiger partial charge in [0.05, 0.1) is 5.01 Å². The highest BCUT2D eigenvalue weighted by Crippen LogP contribution is 2.15. The van der Waals surface area contributed by atoms with Crippen molar-refractivity contribution in [3.8, 4) is 0 Å². The lowest BCUT2D eigenvalue weighted by Crippen LogP contribution is -2.52. The second-order valence-electron chi connectivity index (χ2n) is 5.52. The van der Waals surface area contributed by atoms with Crippen molar-refractivity contribution in [3.63, 3.8) is 0 Å². The molecular formula is C14H26N4S. The summed E-state index contributed by atoms with van der Waals surface area (Å²) < 4.78 is 0. The topological polar surface area (TPSA) is 31.4 Å². The molecule has 0 saturated carbocycles. The van der Waals surface area contributed by atoms with Crippen molar-refractivity contribution in [2.75, 3.05) is 40.3 Å². The Bertz CT molecular complexity index is 354. The van der Waals surface area contributed by atoms with E-state index in [0.29, 0.717) is 12.1 Å². The van der Waals surface area contributed by atoms with E-state index < -0.39 is 0 Å². The van der Waals surface area contributed by atoms with Gasteiger partial charge in [-0.15, -0.1) is 11.3 Å². The third kappa shape index (κ3) is 4.53. The summed E-state index contributed by atoms with van der Waals surface area (Å²) >= 11 is 1.77. The molecule has 2 unspecified atom stereocenters. The number of nitrogens with zero attached hydrogens (tertiary/aromatic N) is 3. The monoisotopic (exact) mass is 282 g/mol. The molecule has 5 heteroatoms. The molecule has 1 aliphatic rings. The fraction of sp³-hybridized carbons (Fsp3) is 0.786. The molecule has 4 nitrogen and oxygen atoms in total. The Hall–Kier alpha value is -0.490. The maximum atomic E-state index is 4.42. The minimum atomic E-state index is 0.537. The number of hydrogen-bond acceptors (Lipinski definition) is 5. The van der Waals surface area contributed by atoms with E-state index in [0.717, 1.165) is 13.0 Å². The van der Waals surface area contributed by atoms with Crippen LogP contribution < -0.4 is 5.32 Å². The van der Waals surface area contributed by atoms with Gasteiger partial charge in [-0.1, -0.05) is 6.92 Å². The van der Waals surface area contributed by atoms with E-state index in [-0.39, 0.29) is 0 Å². The highest BCUT2D eigenvalue weighted by Gasteiger charge is 2.25. The second-order valence-corrected chi connectivity index (χ2v) is 6.50. The highest BCUT2D eigenvalue weighted by atomic mass is 32.1. The zero-order valence-electron chi connectivity index (χ0n) is 12.3. The van der Waals surface area contributed by atoms with Crippen LogP contribution in [0.3, 0.4) is 0 Å². The first-order valence-corrected chi connectivity index (χ1v) is 8.07. The van der Waals surface area contributed by atoms with Crippen LogP contribution in [0.4, 0.5) is 0 Å². The first kappa shape index (κ1) is 14.9. The molecule has 19 heavy (non-hydrogen) atoms. The van der Waals surface area contributed by atoms with Crippen LogP contribution in [0.1, 0.15) is 18.4 Å². The quantitative estimate of drug-likeness (QED) is 0.852. The number of nitrogens with one attached hydrogen (secondary N) is 1. The normalized spacial score (nSPS) is 23.6. The molecule has 1 aromatic heterocycles. The van der Waals surface area contributed by atoms with Crippen molar-refractivity contribution >= 4 is 11.3 Å². The molecule has 2 rings (SSSR count). The molecule has 1 aliphatic heterocycles. The summed E-state index contributed by atoms with van der Waals surface area (Å²) in [5.74, 6) is 0.